The van der Waals surface area contributed by atoms with Crippen LogP contribution in [0.15, 0.2) is 0 Å². The third-order valence-corrected chi connectivity index (χ3v) is 2.59. The van der Waals surface area contributed by atoms with Crippen LogP contribution in [-0.4, -0.2) is 22.4 Å². The lowest BCUT2D eigenvalue weighted by Crippen LogP contribution is -2.48. The summed E-state index contributed by atoms with van der Waals surface area (Å²) in [5.41, 5.74) is 0. The van der Waals surface area contributed by atoms with E-state index in [1.54, 1.807) is 7.11 Å². The van der Waals surface area contributed by atoms with Gasteiger partial charge in [-0.1, -0.05) is 6.92 Å². The predicted molar refractivity (Wildman–Crippen MR) is 39.1 cm³/mol. The molecule has 9 heavy (non-hydrogen) atoms. The van der Waals surface area contributed by atoms with E-state index < -0.39 is 8.72 Å². The van der Waals surface area contributed by atoms with Crippen LogP contribution in [0.25, 0.3) is 0 Å². The monoisotopic (exact) mass is 149 g/mol. The average Bonchev–Trinajstić information content (AvgIpc) is 1.84. The van der Waals surface area contributed by atoms with Gasteiger partial charge < -0.3 is 14.3 Å². The third kappa shape index (κ3) is 4.59. The SMILES string of the molecule is CCCO[Si](C)(N)OC. The molecule has 0 fully saturated rings. The van der Waals surface area contributed by atoms with E-state index in [9.17, 15) is 0 Å². The number of rotatable bonds is 4. The van der Waals surface area contributed by atoms with Gasteiger partial charge in [-0.25, -0.2) is 0 Å². The van der Waals surface area contributed by atoms with Crippen LogP contribution in [0.5, 0.6) is 0 Å². The van der Waals surface area contributed by atoms with Crippen molar-refractivity contribution in [1.29, 1.82) is 0 Å². The minimum Gasteiger partial charge on any atom is -0.386 e. The lowest BCUT2D eigenvalue weighted by molar-refractivity contribution is 0.206. The van der Waals surface area contributed by atoms with Crippen LogP contribution in [0.1, 0.15) is 13.3 Å². The molecule has 0 amide bonds. The maximum Gasteiger partial charge on any atom is 0.418 e. The summed E-state index contributed by atoms with van der Waals surface area (Å²) in [6.45, 7) is 4.57. The Balaban J connectivity index is 3.33. The predicted octanol–water partition coefficient (Wildman–Crippen LogP) is 0.587. The molecular formula is C5H15NO2Si. The van der Waals surface area contributed by atoms with Crippen molar-refractivity contribution in [3.05, 3.63) is 0 Å². The van der Waals surface area contributed by atoms with E-state index in [2.05, 4.69) is 0 Å². The molecule has 4 heteroatoms. The van der Waals surface area contributed by atoms with Crippen LogP contribution in [0, 0.1) is 0 Å². The van der Waals surface area contributed by atoms with Crippen molar-refractivity contribution in [3.63, 3.8) is 0 Å². The summed E-state index contributed by atoms with van der Waals surface area (Å²) in [7, 11) is -0.613. The summed E-state index contributed by atoms with van der Waals surface area (Å²) >= 11 is 0. The van der Waals surface area contributed by atoms with E-state index in [1.807, 2.05) is 13.5 Å². The Hall–Kier alpha value is 0.0969. The number of hydrogen-bond acceptors (Lipinski definition) is 3. The molecule has 0 aromatic heterocycles. The quantitative estimate of drug-likeness (QED) is 0.595. The second-order valence-electron chi connectivity index (χ2n) is 2.07. The van der Waals surface area contributed by atoms with Gasteiger partial charge in [-0.05, 0) is 13.0 Å². The van der Waals surface area contributed by atoms with Crippen LogP contribution in [0.2, 0.25) is 6.55 Å². The molecule has 0 saturated carbocycles. The topological polar surface area (TPSA) is 44.5 Å². The van der Waals surface area contributed by atoms with Gasteiger partial charge in [0.1, 0.15) is 0 Å². The van der Waals surface area contributed by atoms with E-state index >= 15 is 0 Å². The Morgan fingerprint density at radius 2 is 2.11 bits per heavy atom. The zero-order chi connectivity index (χ0) is 7.33. The first kappa shape index (κ1) is 9.10. The van der Waals surface area contributed by atoms with Crippen LogP contribution >= 0.6 is 0 Å². The minimum absolute atomic E-state index is 0.701. The first-order valence-electron chi connectivity index (χ1n) is 3.10. The zero-order valence-corrected chi connectivity index (χ0v) is 7.31. The molecule has 0 aliphatic carbocycles. The fraction of sp³-hybridized carbons (Fsp3) is 1.00. The van der Waals surface area contributed by atoms with E-state index in [0.29, 0.717) is 6.61 Å². The molecule has 0 radical (unpaired) electrons. The maximum atomic E-state index is 5.60. The number of nitrogens with two attached hydrogens (primary N) is 1. The Morgan fingerprint density at radius 3 is 2.44 bits per heavy atom. The largest absolute Gasteiger partial charge is 0.418 e. The van der Waals surface area contributed by atoms with Gasteiger partial charge in [-0.2, -0.15) is 0 Å². The van der Waals surface area contributed by atoms with Crippen molar-refractivity contribution >= 4 is 8.72 Å². The van der Waals surface area contributed by atoms with E-state index in [1.165, 1.54) is 0 Å². The Kier molecular flexibility index (Phi) is 4.04. The first-order valence-corrected chi connectivity index (χ1v) is 5.49. The van der Waals surface area contributed by atoms with Gasteiger partial charge in [0.25, 0.3) is 0 Å². The molecule has 1 atom stereocenters. The van der Waals surface area contributed by atoms with Gasteiger partial charge in [0, 0.05) is 13.7 Å². The highest BCUT2D eigenvalue weighted by Crippen LogP contribution is 1.96. The maximum absolute atomic E-state index is 5.60. The summed E-state index contributed by atoms with van der Waals surface area (Å²) in [6.07, 6.45) is 0.989. The minimum atomic E-state index is -2.20. The molecule has 0 heterocycles. The summed E-state index contributed by atoms with van der Waals surface area (Å²) in [6, 6.07) is 0. The highest BCUT2D eigenvalue weighted by Gasteiger charge is 2.23. The van der Waals surface area contributed by atoms with Crippen LogP contribution in [0.4, 0.5) is 0 Å². The molecule has 0 aromatic carbocycles. The third-order valence-electron chi connectivity index (χ3n) is 0.998. The lowest BCUT2D eigenvalue weighted by atomic mass is 10.5. The van der Waals surface area contributed by atoms with Gasteiger partial charge in [0.05, 0.1) is 0 Å². The molecule has 0 aliphatic heterocycles. The fourth-order valence-electron chi connectivity index (χ4n) is 0.364. The van der Waals surface area contributed by atoms with E-state index in [4.69, 9.17) is 14.3 Å². The van der Waals surface area contributed by atoms with Gasteiger partial charge in [-0.3, -0.25) is 0 Å². The van der Waals surface area contributed by atoms with Crippen molar-refractivity contribution < 1.29 is 8.85 Å². The number of hydrogen-bond donors (Lipinski definition) is 1. The molecule has 0 aromatic rings. The molecule has 2 N–H and O–H groups in total. The van der Waals surface area contributed by atoms with Crippen molar-refractivity contribution in [2.45, 2.75) is 19.9 Å². The molecule has 0 bridgehead atoms. The Labute approximate surface area is 57.5 Å². The van der Waals surface area contributed by atoms with Crippen molar-refractivity contribution in [1.82, 2.24) is 0 Å². The fourth-order valence-corrected chi connectivity index (χ4v) is 1.09. The van der Waals surface area contributed by atoms with Gasteiger partial charge in [-0.15, -0.1) is 0 Å². The molecule has 0 saturated heterocycles. The lowest BCUT2D eigenvalue weighted by Gasteiger charge is -2.18. The van der Waals surface area contributed by atoms with Gasteiger partial charge in [0.15, 0.2) is 0 Å². The van der Waals surface area contributed by atoms with Gasteiger partial charge in [0.2, 0.25) is 0 Å². The highest BCUT2D eigenvalue weighted by molar-refractivity contribution is 6.62. The molecular weight excluding hydrogens is 134 g/mol. The van der Waals surface area contributed by atoms with Gasteiger partial charge >= 0.3 is 8.72 Å². The highest BCUT2D eigenvalue weighted by atomic mass is 28.4. The van der Waals surface area contributed by atoms with E-state index in [-0.39, 0.29) is 0 Å². The molecule has 1 unspecified atom stereocenters. The molecule has 0 aliphatic rings. The van der Waals surface area contributed by atoms with Crippen LogP contribution in [-0.2, 0) is 8.85 Å². The summed E-state index contributed by atoms with van der Waals surface area (Å²) in [4.78, 5) is 0. The Morgan fingerprint density at radius 1 is 1.56 bits per heavy atom. The summed E-state index contributed by atoms with van der Waals surface area (Å²) < 4.78 is 10.2. The normalized spacial score (nSPS) is 17.3. The standard InChI is InChI=1S/C5H15NO2Si/c1-4-5-8-9(3,6)7-2/h4-6H2,1-3H3. The van der Waals surface area contributed by atoms with Crippen LogP contribution < -0.4 is 5.40 Å². The molecule has 0 rings (SSSR count). The molecule has 56 valence electrons. The Bertz CT molecular complexity index is 77.4. The summed E-state index contributed by atoms with van der Waals surface area (Å²) in [5.74, 6) is 0. The zero-order valence-electron chi connectivity index (χ0n) is 6.31. The van der Waals surface area contributed by atoms with Crippen molar-refractivity contribution in [3.8, 4) is 0 Å². The second kappa shape index (κ2) is 4.00. The average molecular weight is 149 g/mol. The first-order chi connectivity index (χ1) is 4.12. The summed E-state index contributed by atoms with van der Waals surface area (Å²) in [5, 5.41) is 5.60. The van der Waals surface area contributed by atoms with Crippen molar-refractivity contribution in [2.24, 2.45) is 5.40 Å². The van der Waals surface area contributed by atoms with E-state index in [0.717, 1.165) is 6.42 Å². The molecule has 0 spiro atoms. The second-order valence-corrected chi connectivity index (χ2v) is 4.80. The van der Waals surface area contributed by atoms with Crippen LogP contribution in [0.3, 0.4) is 0 Å². The smallest absolute Gasteiger partial charge is 0.386 e. The van der Waals surface area contributed by atoms with Crippen molar-refractivity contribution in [2.75, 3.05) is 13.7 Å². The molecule has 3 nitrogen and oxygen atoms in total.